The Kier molecular flexibility index (Phi) is 6.48. The average molecular weight is 332 g/mol. The van der Waals surface area contributed by atoms with E-state index in [2.05, 4.69) is 0 Å². The van der Waals surface area contributed by atoms with Crippen LogP contribution in [0.1, 0.15) is 25.3 Å². The molecule has 0 aromatic heterocycles. The van der Waals surface area contributed by atoms with Gasteiger partial charge in [0.15, 0.2) is 0 Å². The van der Waals surface area contributed by atoms with Gasteiger partial charge in [-0.05, 0) is 26.0 Å². The molecule has 1 amide bonds. The zero-order chi connectivity index (χ0) is 16.8. The van der Waals surface area contributed by atoms with E-state index >= 15 is 0 Å². The summed E-state index contributed by atoms with van der Waals surface area (Å²) in [6.45, 7) is 3.32. The Morgan fingerprint density at radius 2 is 1.77 bits per heavy atom. The minimum absolute atomic E-state index is 0.0584. The van der Waals surface area contributed by atoms with E-state index in [9.17, 15) is 19.5 Å². The quantitative estimate of drug-likeness (QED) is 0.440. The largest absolute Gasteiger partial charge is 0.428 e. The number of benzene rings is 1. The van der Waals surface area contributed by atoms with Crippen LogP contribution < -0.4 is 5.73 Å². The fourth-order valence-corrected chi connectivity index (χ4v) is 3.55. The molecule has 9 nitrogen and oxygen atoms in total. The van der Waals surface area contributed by atoms with Gasteiger partial charge in [0.1, 0.15) is 0 Å². The third-order valence-electron chi connectivity index (χ3n) is 2.52. The molecule has 1 unspecified atom stereocenters. The number of primary amides is 1. The fourth-order valence-electron chi connectivity index (χ4n) is 1.72. The Morgan fingerprint density at radius 3 is 2.14 bits per heavy atom. The van der Waals surface area contributed by atoms with Gasteiger partial charge in [-0.1, -0.05) is 0 Å². The molecular formula is C12H17N2O7P. The average Bonchev–Trinajstić information content (AvgIpc) is 2.45. The summed E-state index contributed by atoms with van der Waals surface area (Å²) in [5, 5.41) is 10.7. The summed E-state index contributed by atoms with van der Waals surface area (Å²) in [7, 11) is -3.84. The molecule has 1 aromatic rings. The summed E-state index contributed by atoms with van der Waals surface area (Å²) < 4.78 is 27.9. The molecule has 0 spiro atoms. The molecule has 0 heterocycles. The standard InChI is InChI=1S/C12H17N2O7P/c1-3-19-22(18,20-4-2)11(21-12(13)15)9-5-7-10(8-6-9)14(16)17/h5-8,11H,3-4H2,1-2H3,(H2,13,15). The highest BCUT2D eigenvalue weighted by atomic mass is 31.2. The lowest BCUT2D eigenvalue weighted by atomic mass is 10.2. The van der Waals surface area contributed by atoms with Crippen LogP contribution in [0.4, 0.5) is 10.5 Å². The van der Waals surface area contributed by atoms with Crippen LogP contribution in [0.3, 0.4) is 0 Å². The molecular weight excluding hydrogens is 315 g/mol. The van der Waals surface area contributed by atoms with E-state index in [4.69, 9.17) is 19.5 Å². The number of carbonyl (C=O) groups is 1. The minimum Gasteiger partial charge on any atom is -0.428 e. The number of rotatable bonds is 8. The predicted molar refractivity (Wildman–Crippen MR) is 77.4 cm³/mol. The highest BCUT2D eigenvalue weighted by Gasteiger charge is 2.40. The number of nitrogens with zero attached hydrogens (tertiary/aromatic N) is 1. The lowest BCUT2D eigenvalue weighted by Gasteiger charge is -2.25. The van der Waals surface area contributed by atoms with Crippen molar-refractivity contribution in [3.63, 3.8) is 0 Å². The van der Waals surface area contributed by atoms with E-state index in [0.29, 0.717) is 0 Å². The Labute approximate surface area is 127 Å². The molecule has 0 saturated heterocycles. The number of nitro benzene ring substituents is 1. The second-order valence-corrected chi connectivity index (χ2v) is 6.08. The van der Waals surface area contributed by atoms with Gasteiger partial charge < -0.3 is 19.5 Å². The highest BCUT2D eigenvalue weighted by Crippen LogP contribution is 2.61. The number of hydrogen-bond donors (Lipinski definition) is 1. The molecule has 1 atom stereocenters. The molecule has 1 aromatic carbocycles. The van der Waals surface area contributed by atoms with E-state index in [0.717, 1.165) is 0 Å². The topological polar surface area (TPSA) is 131 Å². The van der Waals surface area contributed by atoms with Crippen molar-refractivity contribution in [2.45, 2.75) is 19.7 Å². The Morgan fingerprint density at radius 1 is 1.27 bits per heavy atom. The van der Waals surface area contributed by atoms with E-state index in [1.807, 2.05) is 0 Å². The van der Waals surface area contributed by atoms with Crippen molar-refractivity contribution in [2.24, 2.45) is 5.73 Å². The number of nitro groups is 1. The molecule has 0 aliphatic rings. The molecule has 1 rings (SSSR count). The van der Waals surface area contributed by atoms with Gasteiger partial charge in [-0.2, -0.15) is 0 Å². The molecule has 0 aliphatic heterocycles. The summed E-state index contributed by atoms with van der Waals surface area (Å²) in [5.74, 6) is -1.40. The minimum atomic E-state index is -3.84. The molecule has 0 aliphatic carbocycles. The predicted octanol–water partition coefficient (Wildman–Crippen LogP) is 2.95. The van der Waals surface area contributed by atoms with Crippen molar-refractivity contribution < 1.29 is 28.1 Å². The van der Waals surface area contributed by atoms with Gasteiger partial charge in [-0.25, -0.2) is 4.79 Å². The molecule has 0 fully saturated rings. The molecule has 0 radical (unpaired) electrons. The fraction of sp³-hybridized carbons (Fsp3) is 0.417. The van der Waals surface area contributed by atoms with Crippen molar-refractivity contribution >= 4 is 19.4 Å². The van der Waals surface area contributed by atoms with Crippen LogP contribution in [0.25, 0.3) is 0 Å². The third kappa shape index (κ3) is 4.52. The monoisotopic (exact) mass is 332 g/mol. The normalized spacial score (nSPS) is 12.6. The van der Waals surface area contributed by atoms with Crippen molar-refractivity contribution in [1.82, 2.24) is 0 Å². The van der Waals surface area contributed by atoms with Crippen LogP contribution >= 0.6 is 7.60 Å². The van der Waals surface area contributed by atoms with Crippen molar-refractivity contribution in [3.05, 3.63) is 39.9 Å². The Hall–Kier alpha value is -1.96. The summed E-state index contributed by atoms with van der Waals surface area (Å²) in [6, 6.07) is 4.98. The summed E-state index contributed by atoms with van der Waals surface area (Å²) in [4.78, 5) is 21.1. The third-order valence-corrected chi connectivity index (χ3v) is 4.74. The highest BCUT2D eigenvalue weighted by molar-refractivity contribution is 7.54. The van der Waals surface area contributed by atoms with Crippen molar-refractivity contribution in [1.29, 1.82) is 0 Å². The van der Waals surface area contributed by atoms with Crippen LogP contribution in [0.15, 0.2) is 24.3 Å². The first-order valence-electron chi connectivity index (χ1n) is 6.43. The van der Waals surface area contributed by atoms with Crippen LogP contribution in [0, 0.1) is 10.1 Å². The van der Waals surface area contributed by atoms with Gasteiger partial charge in [0, 0.05) is 17.7 Å². The lowest BCUT2D eigenvalue weighted by Crippen LogP contribution is -2.19. The number of ether oxygens (including phenoxy) is 1. The first-order valence-corrected chi connectivity index (χ1v) is 8.04. The molecule has 122 valence electrons. The van der Waals surface area contributed by atoms with Gasteiger partial charge in [-0.3, -0.25) is 14.7 Å². The number of carbonyl (C=O) groups excluding carboxylic acids is 1. The zero-order valence-electron chi connectivity index (χ0n) is 12.1. The van der Waals surface area contributed by atoms with E-state index in [1.54, 1.807) is 13.8 Å². The summed E-state index contributed by atoms with van der Waals surface area (Å²) >= 11 is 0. The summed E-state index contributed by atoms with van der Waals surface area (Å²) in [6.07, 6.45) is -1.16. The van der Waals surface area contributed by atoms with Crippen LogP contribution in [-0.4, -0.2) is 24.2 Å². The van der Waals surface area contributed by atoms with Crippen LogP contribution in [0.2, 0.25) is 0 Å². The maximum absolute atomic E-state index is 12.8. The smallest absolute Gasteiger partial charge is 0.405 e. The first-order chi connectivity index (χ1) is 10.3. The van der Waals surface area contributed by atoms with Gasteiger partial charge >= 0.3 is 13.7 Å². The van der Waals surface area contributed by atoms with E-state index in [-0.39, 0.29) is 24.5 Å². The second kappa shape index (κ2) is 7.88. The van der Waals surface area contributed by atoms with E-state index < -0.39 is 24.5 Å². The van der Waals surface area contributed by atoms with Crippen LogP contribution in [-0.2, 0) is 18.3 Å². The Balaban J connectivity index is 3.23. The molecule has 2 N–H and O–H groups in total. The Bertz CT molecular complexity index is 565. The second-order valence-electron chi connectivity index (χ2n) is 4.01. The SMILES string of the molecule is CCOP(=O)(OCC)C(OC(N)=O)c1ccc([N+](=O)[O-])cc1. The molecule has 10 heteroatoms. The van der Waals surface area contributed by atoms with Crippen molar-refractivity contribution in [3.8, 4) is 0 Å². The maximum Gasteiger partial charge on any atom is 0.405 e. The van der Waals surface area contributed by atoms with Gasteiger partial charge in [-0.15, -0.1) is 0 Å². The van der Waals surface area contributed by atoms with Crippen molar-refractivity contribution in [2.75, 3.05) is 13.2 Å². The zero-order valence-corrected chi connectivity index (χ0v) is 13.0. The maximum atomic E-state index is 12.8. The molecule has 22 heavy (non-hydrogen) atoms. The molecule has 0 bridgehead atoms. The number of non-ortho nitro benzene ring substituents is 1. The van der Waals surface area contributed by atoms with Gasteiger partial charge in [0.2, 0.25) is 5.85 Å². The number of amides is 1. The summed E-state index contributed by atoms with van der Waals surface area (Å²) in [5.41, 5.74) is 5.05. The lowest BCUT2D eigenvalue weighted by molar-refractivity contribution is -0.384. The molecule has 0 saturated carbocycles. The van der Waals surface area contributed by atoms with Gasteiger partial charge in [0.25, 0.3) is 5.69 Å². The number of nitrogens with two attached hydrogens (primary N) is 1. The van der Waals surface area contributed by atoms with Crippen LogP contribution in [0.5, 0.6) is 0 Å². The number of hydrogen-bond acceptors (Lipinski definition) is 7. The van der Waals surface area contributed by atoms with Gasteiger partial charge in [0.05, 0.1) is 18.1 Å². The van der Waals surface area contributed by atoms with E-state index in [1.165, 1.54) is 24.3 Å². The first kappa shape index (κ1) is 18.1.